The molecule has 0 aliphatic heterocycles. The molecular formula is C29H32N4O3. The summed E-state index contributed by atoms with van der Waals surface area (Å²) in [6, 6.07) is 19.2. The number of likely N-dealkylation sites (N-methyl/N-ethyl adjacent to an activating group) is 1. The summed E-state index contributed by atoms with van der Waals surface area (Å²) in [5.74, 6) is 0.103. The summed E-state index contributed by atoms with van der Waals surface area (Å²) in [7, 11) is 3.49. The van der Waals surface area contributed by atoms with Gasteiger partial charge in [0.05, 0.1) is 23.1 Å². The second-order valence-electron chi connectivity index (χ2n) is 9.21. The van der Waals surface area contributed by atoms with Gasteiger partial charge in [0.2, 0.25) is 5.91 Å². The summed E-state index contributed by atoms with van der Waals surface area (Å²) < 4.78 is 2.24. The van der Waals surface area contributed by atoms with Crippen molar-refractivity contribution < 1.29 is 14.7 Å². The van der Waals surface area contributed by atoms with Gasteiger partial charge in [-0.05, 0) is 53.8 Å². The predicted octanol–water partition coefficient (Wildman–Crippen LogP) is 5.21. The largest absolute Gasteiger partial charge is 0.478 e. The number of carboxylic acids is 1. The number of aromatic carboxylic acids is 1. The fourth-order valence-electron chi connectivity index (χ4n) is 4.36. The molecule has 0 saturated carbocycles. The Bertz CT molecular complexity index is 1400. The van der Waals surface area contributed by atoms with Gasteiger partial charge in [-0.15, -0.1) is 0 Å². The lowest BCUT2D eigenvalue weighted by molar-refractivity contribution is -0.126. The van der Waals surface area contributed by atoms with Crippen LogP contribution in [0.15, 0.2) is 60.7 Å². The van der Waals surface area contributed by atoms with E-state index in [-0.39, 0.29) is 12.5 Å². The van der Waals surface area contributed by atoms with E-state index in [1.165, 1.54) is 0 Å². The molecule has 1 heterocycles. The maximum Gasteiger partial charge on any atom is 0.336 e. The van der Waals surface area contributed by atoms with E-state index in [4.69, 9.17) is 4.98 Å². The van der Waals surface area contributed by atoms with E-state index in [0.717, 1.165) is 52.1 Å². The Kier molecular flexibility index (Phi) is 7.38. The molecule has 0 saturated heterocycles. The zero-order valence-corrected chi connectivity index (χ0v) is 21.2. The summed E-state index contributed by atoms with van der Waals surface area (Å²) in [6.45, 7) is 5.06. The lowest BCUT2D eigenvalue weighted by atomic mass is 9.99. The maximum absolute atomic E-state index is 12.1. The van der Waals surface area contributed by atoms with Crippen molar-refractivity contribution in [3.05, 3.63) is 83.2 Å². The van der Waals surface area contributed by atoms with Crippen molar-refractivity contribution in [1.29, 1.82) is 0 Å². The number of carboxylic acid groups (broad SMARTS) is 1. The van der Waals surface area contributed by atoms with Gasteiger partial charge in [0.1, 0.15) is 5.82 Å². The van der Waals surface area contributed by atoms with Gasteiger partial charge in [0.15, 0.2) is 0 Å². The van der Waals surface area contributed by atoms with Crippen LogP contribution in [0, 0.1) is 6.92 Å². The zero-order valence-electron chi connectivity index (χ0n) is 21.2. The molecule has 186 valence electrons. The smallest absolute Gasteiger partial charge is 0.336 e. The molecule has 1 amide bonds. The second kappa shape index (κ2) is 10.6. The molecule has 0 atom stereocenters. The highest BCUT2D eigenvalue weighted by Crippen LogP contribution is 2.28. The van der Waals surface area contributed by atoms with E-state index in [1.807, 2.05) is 49.4 Å². The van der Waals surface area contributed by atoms with Crippen LogP contribution in [-0.2, 0) is 17.8 Å². The van der Waals surface area contributed by atoms with Crippen molar-refractivity contribution in [2.75, 3.05) is 26.0 Å². The van der Waals surface area contributed by atoms with Crippen molar-refractivity contribution in [3.63, 3.8) is 0 Å². The van der Waals surface area contributed by atoms with E-state index in [1.54, 1.807) is 31.1 Å². The number of benzene rings is 3. The molecule has 7 heteroatoms. The third kappa shape index (κ3) is 5.25. The number of anilines is 1. The third-order valence-electron chi connectivity index (χ3n) is 6.30. The molecule has 1 aromatic heterocycles. The molecule has 36 heavy (non-hydrogen) atoms. The van der Waals surface area contributed by atoms with Gasteiger partial charge in [-0.25, -0.2) is 9.78 Å². The predicted molar refractivity (Wildman–Crippen MR) is 144 cm³/mol. The number of hydrogen-bond acceptors (Lipinski definition) is 4. The van der Waals surface area contributed by atoms with Crippen LogP contribution in [0.2, 0.25) is 0 Å². The quantitative estimate of drug-likeness (QED) is 0.341. The molecule has 0 aliphatic rings. The monoisotopic (exact) mass is 484 g/mol. The summed E-state index contributed by atoms with van der Waals surface area (Å²) in [5, 5.41) is 12.8. The number of nitrogens with one attached hydrogen (secondary N) is 1. The minimum atomic E-state index is -0.934. The Morgan fingerprint density at radius 2 is 1.78 bits per heavy atom. The first kappa shape index (κ1) is 25.0. The molecule has 0 radical (unpaired) electrons. The average molecular weight is 485 g/mol. The molecular weight excluding hydrogens is 452 g/mol. The van der Waals surface area contributed by atoms with Gasteiger partial charge < -0.3 is 19.9 Å². The zero-order chi connectivity index (χ0) is 25.8. The lowest BCUT2D eigenvalue weighted by Crippen LogP contribution is -2.28. The molecule has 0 aliphatic carbocycles. The molecule has 7 nitrogen and oxygen atoms in total. The maximum atomic E-state index is 12.1. The van der Waals surface area contributed by atoms with Crippen molar-refractivity contribution in [3.8, 4) is 11.1 Å². The number of hydrogen-bond donors (Lipinski definition) is 2. The number of carbonyl (C=O) groups is 2. The van der Waals surface area contributed by atoms with Crippen molar-refractivity contribution in [2.24, 2.45) is 0 Å². The van der Waals surface area contributed by atoms with Gasteiger partial charge in [-0.1, -0.05) is 49.4 Å². The van der Waals surface area contributed by atoms with Crippen LogP contribution in [0.1, 0.15) is 40.7 Å². The van der Waals surface area contributed by atoms with Crippen molar-refractivity contribution in [1.82, 2.24) is 14.5 Å². The number of aromatic nitrogens is 2. The summed E-state index contributed by atoms with van der Waals surface area (Å²) >= 11 is 0. The lowest BCUT2D eigenvalue weighted by Gasteiger charge is -2.14. The highest BCUT2D eigenvalue weighted by molar-refractivity contribution is 5.96. The Labute approximate surface area is 211 Å². The Hall–Kier alpha value is -4.13. The van der Waals surface area contributed by atoms with E-state index >= 15 is 0 Å². The number of carbonyl (C=O) groups excluding carboxylic acids is 1. The van der Waals surface area contributed by atoms with Crippen LogP contribution in [0.3, 0.4) is 0 Å². The normalized spacial score (nSPS) is 11.0. The van der Waals surface area contributed by atoms with Gasteiger partial charge in [0, 0.05) is 32.7 Å². The molecule has 0 unspecified atom stereocenters. The Balaban J connectivity index is 1.67. The SMILES string of the molecule is CCCc1nc2c(C)cc(NCC(=O)N(C)C)cc2n1Cc1ccc(-c2ccccc2C(=O)O)cc1. The second-order valence-corrected chi connectivity index (χ2v) is 9.21. The van der Waals surface area contributed by atoms with Crippen molar-refractivity contribution >= 4 is 28.6 Å². The van der Waals surface area contributed by atoms with Crippen LogP contribution in [0.4, 0.5) is 5.69 Å². The van der Waals surface area contributed by atoms with Gasteiger partial charge >= 0.3 is 5.97 Å². The van der Waals surface area contributed by atoms with Crippen molar-refractivity contribution in [2.45, 2.75) is 33.2 Å². The Morgan fingerprint density at radius 1 is 1.06 bits per heavy atom. The summed E-state index contributed by atoms with van der Waals surface area (Å²) in [6.07, 6.45) is 1.84. The van der Waals surface area contributed by atoms with Crippen LogP contribution in [0.5, 0.6) is 0 Å². The number of rotatable bonds is 9. The standard InChI is InChI=1S/C29H32N4O3/c1-5-8-26-31-28-19(2)15-22(30-17-27(34)32(3)4)16-25(28)33(26)18-20-11-13-21(14-12-20)23-9-6-7-10-24(23)29(35)36/h6-7,9-16,30H,5,8,17-18H2,1-4H3,(H,35,36). The van der Waals surface area contributed by atoms with Crippen LogP contribution < -0.4 is 5.32 Å². The summed E-state index contributed by atoms with van der Waals surface area (Å²) in [5.41, 5.74) is 6.91. The summed E-state index contributed by atoms with van der Waals surface area (Å²) in [4.78, 5) is 30.2. The molecule has 4 rings (SSSR count). The topological polar surface area (TPSA) is 87.5 Å². The van der Waals surface area contributed by atoms with E-state index < -0.39 is 5.97 Å². The number of nitrogens with zero attached hydrogens (tertiary/aromatic N) is 3. The van der Waals surface area contributed by atoms with Crippen LogP contribution in [0.25, 0.3) is 22.2 Å². The molecule has 3 aromatic carbocycles. The third-order valence-corrected chi connectivity index (χ3v) is 6.30. The van der Waals surface area contributed by atoms with Crippen LogP contribution >= 0.6 is 0 Å². The molecule has 0 fully saturated rings. The first-order chi connectivity index (χ1) is 17.3. The fraction of sp³-hybridized carbons (Fsp3) is 0.276. The average Bonchev–Trinajstić information content (AvgIpc) is 3.20. The highest BCUT2D eigenvalue weighted by atomic mass is 16.4. The van der Waals surface area contributed by atoms with Gasteiger partial charge in [0.25, 0.3) is 0 Å². The molecule has 0 bridgehead atoms. The van der Waals surface area contributed by atoms with E-state index in [2.05, 4.69) is 22.9 Å². The first-order valence-electron chi connectivity index (χ1n) is 12.1. The minimum absolute atomic E-state index is 0.0116. The van der Waals surface area contributed by atoms with E-state index in [0.29, 0.717) is 17.7 Å². The molecule has 4 aromatic rings. The number of fused-ring (bicyclic) bond motifs is 1. The molecule has 2 N–H and O–H groups in total. The number of imidazole rings is 1. The van der Waals surface area contributed by atoms with Gasteiger partial charge in [-0.2, -0.15) is 0 Å². The number of aryl methyl sites for hydroxylation is 2. The Morgan fingerprint density at radius 3 is 2.44 bits per heavy atom. The fourth-order valence-corrected chi connectivity index (χ4v) is 4.36. The minimum Gasteiger partial charge on any atom is -0.478 e. The van der Waals surface area contributed by atoms with E-state index in [9.17, 15) is 14.7 Å². The first-order valence-corrected chi connectivity index (χ1v) is 12.1. The van der Waals surface area contributed by atoms with Gasteiger partial charge in [-0.3, -0.25) is 4.79 Å². The highest BCUT2D eigenvalue weighted by Gasteiger charge is 2.15. The number of amides is 1. The van der Waals surface area contributed by atoms with Crippen LogP contribution in [-0.4, -0.2) is 52.1 Å². The molecule has 0 spiro atoms.